The molecule has 5 nitrogen and oxygen atoms in total. The van der Waals surface area contributed by atoms with E-state index in [1.807, 2.05) is 6.07 Å². The summed E-state index contributed by atoms with van der Waals surface area (Å²) in [5.41, 5.74) is 3.37. The lowest BCUT2D eigenvalue weighted by Gasteiger charge is -2.02. The Labute approximate surface area is 86.1 Å². The highest BCUT2D eigenvalue weighted by Gasteiger charge is 2.07. The summed E-state index contributed by atoms with van der Waals surface area (Å²) in [6, 6.07) is 3.54. The molecule has 0 rings (SSSR count). The van der Waals surface area contributed by atoms with E-state index in [0.29, 0.717) is 0 Å². The lowest BCUT2D eigenvalue weighted by atomic mass is 10.1. The number of nitrogens with zero attached hydrogens (tertiary/aromatic N) is 2. The molecule has 0 saturated heterocycles. The zero-order valence-corrected chi connectivity index (χ0v) is 8.42. The predicted molar refractivity (Wildman–Crippen MR) is 56.1 cm³/mol. The predicted octanol–water partition coefficient (Wildman–Crippen LogP) is 0.340. The van der Waals surface area contributed by atoms with Crippen LogP contribution in [0.25, 0.3) is 0 Å². The van der Waals surface area contributed by atoms with E-state index in [4.69, 9.17) is 21.4 Å². The summed E-state index contributed by atoms with van der Waals surface area (Å²) < 4.78 is 0. The van der Waals surface area contributed by atoms with Gasteiger partial charge < -0.3 is 16.3 Å². The zero-order chi connectivity index (χ0) is 10.4. The van der Waals surface area contributed by atoms with Crippen LogP contribution >= 0.6 is 0 Å². The van der Waals surface area contributed by atoms with Crippen molar-refractivity contribution in [2.45, 2.75) is 46.3 Å². The van der Waals surface area contributed by atoms with Crippen molar-refractivity contribution in [2.75, 3.05) is 0 Å². The number of rotatable bonds is 0. The number of nitrogens with two attached hydrogens (primary N) is 1. The van der Waals surface area contributed by atoms with Gasteiger partial charge in [-0.25, -0.2) is 0 Å². The van der Waals surface area contributed by atoms with Crippen LogP contribution in [0.5, 0.6) is 0 Å². The normalized spacial score (nSPS) is 8.86. The molecule has 0 fully saturated rings. The van der Waals surface area contributed by atoms with Crippen molar-refractivity contribution in [3.05, 3.63) is 0 Å². The zero-order valence-electron chi connectivity index (χ0n) is 8.42. The Morgan fingerprint density at radius 1 is 1.07 bits per heavy atom. The maximum atomic E-state index is 8.47. The quantitative estimate of drug-likeness (QED) is 0.550. The summed E-state index contributed by atoms with van der Waals surface area (Å²) in [6.45, 7) is 6.19. The fourth-order valence-corrected chi connectivity index (χ4v) is 0. The molecule has 0 aliphatic rings. The van der Waals surface area contributed by atoms with Crippen LogP contribution in [0.15, 0.2) is 0 Å². The van der Waals surface area contributed by atoms with Gasteiger partial charge in [0.2, 0.25) is 0 Å². The van der Waals surface area contributed by atoms with Crippen LogP contribution in [0.4, 0.5) is 0 Å². The summed E-state index contributed by atoms with van der Waals surface area (Å²) in [4.78, 5) is 0. The molecular weight excluding hydrogens is 182 g/mol. The van der Waals surface area contributed by atoms with Crippen molar-refractivity contribution in [1.82, 2.24) is 0 Å². The van der Waals surface area contributed by atoms with Crippen molar-refractivity contribution >= 4 is 0 Å². The molecule has 0 aliphatic heterocycles. The monoisotopic (exact) mass is 203 g/mol. The minimum Gasteiger partial charge on any atom is -0.412 e. The highest BCUT2D eigenvalue weighted by molar-refractivity contribution is 4.96. The molecule has 0 heterocycles. The Kier molecular flexibility index (Phi) is 13.9. The van der Waals surface area contributed by atoms with Gasteiger partial charge in [-0.2, -0.15) is 10.5 Å². The molecule has 0 amide bonds. The Bertz CT molecular complexity index is 176. The van der Waals surface area contributed by atoms with E-state index in [0.717, 1.165) is 0 Å². The molecule has 0 atom stereocenters. The van der Waals surface area contributed by atoms with Crippen molar-refractivity contribution in [2.24, 2.45) is 5.73 Å². The van der Waals surface area contributed by atoms with E-state index in [2.05, 4.69) is 0 Å². The number of nitriles is 2. The van der Waals surface area contributed by atoms with Crippen LogP contribution in [-0.4, -0.2) is 21.7 Å². The Morgan fingerprint density at radius 3 is 1.21 bits per heavy atom. The van der Waals surface area contributed by atoms with E-state index in [1.165, 1.54) is 13.8 Å². The molecule has 5 N–H and O–H groups in total. The maximum absolute atomic E-state index is 8.47. The first-order valence-corrected chi connectivity index (χ1v) is 3.46. The van der Waals surface area contributed by atoms with Crippen molar-refractivity contribution in [3.63, 3.8) is 0 Å². The second-order valence-electron chi connectivity index (χ2n) is 3.50. The standard InChI is InChI=1S/C4H8N2.C4H7NO.CH4.H2O/c2*1-4(2,6)3-5;;/h6H2,1-2H3;6H,1-2H3;1H4;1H2. The fourth-order valence-electron chi connectivity index (χ4n) is 0. The number of hydrogen-bond donors (Lipinski definition) is 2. The molecule has 0 aromatic rings. The smallest absolute Gasteiger partial charge is 0.145 e. The SMILES string of the molecule is C.CC(C)(N)C#N.CC(C)(O)C#N.O. The minimum atomic E-state index is -1.15. The van der Waals surface area contributed by atoms with Crippen LogP contribution in [0.3, 0.4) is 0 Å². The second-order valence-corrected chi connectivity index (χ2v) is 3.50. The van der Waals surface area contributed by atoms with Gasteiger partial charge in [-0.3, -0.25) is 0 Å². The van der Waals surface area contributed by atoms with Crippen LogP contribution in [0.1, 0.15) is 35.1 Å². The highest BCUT2D eigenvalue weighted by Crippen LogP contribution is 1.93. The molecule has 0 aliphatic carbocycles. The topological polar surface area (TPSA) is 125 Å². The van der Waals surface area contributed by atoms with Gasteiger partial charge in [0.15, 0.2) is 0 Å². The molecule has 0 aromatic carbocycles. The van der Waals surface area contributed by atoms with Gasteiger partial charge in [-0.1, -0.05) is 7.43 Å². The average Bonchev–Trinajstić information content (AvgIpc) is 1.86. The second kappa shape index (κ2) is 8.46. The van der Waals surface area contributed by atoms with Crippen molar-refractivity contribution in [1.29, 1.82) is 10.5 Å². The molecular formula is C9H21N3O2. The fraction of sp³-hybridized carbons (Fsp3) is 0.778. The third kappa shape index (κ3) is 44.7. The summed E-state index contributed by atoms with van der Waals surface area (Å²) in [5, 5.41) is 24.4. The number of aliphatic hydroxyl groups is 1. The first kappa shape index (κ1) is 23.0. The van der Waals surface area contributed by atoms with Gasteiger partial charge in [0.05, 0.1) is 17.7 Å². The van der Waals surface area contributed by atoms with E-state index < -0.39 is 11.1 Å². The summed E-state index contributed by atoms with van der Waals surface area (Å²) in [5.74, 6) is 0. The van der Waals surface area contributed by atoms with Gasteiger partial charge >= 0.3 is 0 Å². The molecule has 0 saturated carbocycles. The van der Waals surface area contributed by atoms with Crippen molar-refractivity contribution in [3.8, 4) is 12.1 Å². The minimum absolute atomic E-state index is 0. The van der Waals surface area contributed by atoms with Crippen LogP contribution in [0.2, 0.25) is 0 Å². The third-order valence-electron chi connectivity index (χ3n) is 0.562. The van der Waals surface area contributed by atoms with Crippen molar-refractivity contribution < 1.29 is 10.6 Å². The van der Waals surface area contributed by atoms with E-state index >= 15 is 0 Å². The Morgan fingerprint density at radius 2 is 1.21 bits per heavy atom. The highest BCUT2D eigenvalue weighted by atomic mass is 16.3. The average molecular weight is 203 g/mol. The molecule has 14 heavy (non-hydrogen) atoms. The van der Waals surface area contributed by atoms with E-state index in [-0.39, 0.29) is 12.9 Å². The Balaban J connectivity index is -0.0000000625. The maximum Gasteiger partial charge on any atom is 0.145 e. The lowest BCUT2D eigenvalue weighted by Crippen LogP contribution is -2.28. The van der Waals surface area contributed by atoms with Gasteiger partial charge in [0.1, 0.15) is 5.60 Å². The van der Waals surface area contributed by atoms with E-state index in [9.17, 15) is 0 Å². The van der Waals surface area contributed by atoms with Crippen LogP contribution in [0, 0.1) is 22.7 Å². The van der Waals surface area contributed by atoms with Gasteiger partial charge in [-0.05, 0) is 27.7 Å². The summed E-state index contributed by atoms with van der Waals surface area (Å²) in [7, 11) is 0. The molecule has 0 spiro atoms. The molecule has 84 valence electrons. The summed E-state index contributed by atoms with van der Waals surface area (Å²) >= 11 is 0. The largest absolute Gasteiger partial charge is 0.412 e. The van der Waals surface area contributed by atoms with Gasteiger partial charge in [-0.15, -0.1) is 0 Å². The lowest BCUT2D eigenvalue weighted by molar-refractivity contribution is 0.141. The number of hydrogen-bond acceptors (Lipinski definition) is 4. The molecule has 5 heteroatoms. The first-order chi connectivity index (χ1) is 5.12. The summed E-state index contributed by atoms with van der Waals surface area (Å²) in [6.07, 6.45) is 0. The first-order valence-electron chi connectivity index (χ1n) is 3.46. The Hall–Kier alpha value is -1.14. The molecule has 0 bridgehead atoms. The van der Waals surface area contributed by atoms with E-state index in [1.54, 1.807) is 19.9 Å². The molecule has 0 aromatic heterocycles. The van der Waals surface area contributed by atoms with Crippen LogP contribution < -0.4 is 5.73 Å². The third-order valence-corrected chi connectivity index (χ3v) is 0.562. The molecule has 0 radical (unpaired) electrons. The van der Waals surface area contributed by atoms with Gasteiger partial charge in [0, 0.05) is 0 Å². The molecule has 0 unspecified atom stereocenters. The van der Waals surface area contributed by atoms with Gasteiger partial charge in [0.25, 0.3) is 0 Å². The van der Waals surface area contributed by atoms with Crippen LogP contribution in [-0.2, 0) is 0 Å².